The Labute approximate surface area is 110 Å². The molecular formula is C14H26N2O2. The fourth-order valence-corrected chi connectivity index (χ4v) is 3.44. The molecule has 0 saturated heterocycles. The van der Waals surface area contributed by atoms with Crippen molar-refractivity contribution >= 4 is 0 Å². The number of nitrogens with one attached hydrogen (secondary N) is 1. The van der Waals surface area contributed by atoms with E-state index in [-0.39, 0.29) is 11.6 Å². The molecule has 3 atom stereocenters. The molecule has 0 aromatic heterocycles. The molecule has 4 heteroatoms. The third kappa shape index (κ3) is 2.71. The summed E-state index contributed by atoms with van der Waals surface area (Å²) in [5.41, 5.74) is 2.74. The van der Waals surface area contributed by atoms with Gasteiger partial charge in [-0.3, -0.25) is 5.84 Å². The summed E-state index contributed by atoms with van der Waals surface area (Å²) in [5, 5.41) is 0. The highest BCUT2D eigenvalue weighted by Crippen LogP contribution is 2.40. The molecule has 2 aliphatic rings. The van der Waals surface area contributed by atoms with E-state index < -0.39 is 0 Å². The molecule has 2 rings (SSSR count). The molecule has 0 spiro atoms. The minimum Gasteiger partial charge on any atom is -0.496 e. The van der Waals surface area contributed by atoms with Crippen LogP contribution in [0.15, 0.2) is 11.8 Å². The second-order valence-corrected chi connectivity index (χ2v) is 5.54. The van der Waals surface area contributed by atoms with Gasteiger partial charge in [-0.05, 0) is 31.8 Å². The maximum absolute atomic E-state index is 6.14. The van der Waals surface area contributed by atoms with E-state index >= 15 is 0 Å². The molecule has 3 unspecified atom stereocenters. The first-order valence-electron chi connectivity index (χ1n) is 7.15. The van der Waals surface area contributed by atoms with Crippen molar-refractivity contribution in [2.75, 3.05) is 13.2 Å². The second kappa shape index (κ2) is 6.04. The van der Waals surface area contributed by atoms with E-state index in [0.717, 1.165) is 38.2 Å². The SMILES string of the molecule is CCOC1(C(NN)C2=CCCO2)CCCC(C)C1. The van der Waals surface area contributed by atoms with Crippen LogP contribution in [0.25, 0.3) is 0 Å². The Hall–Kier alpha value is -0.580. The van der Waals surface area contributed by atoms with Gasteiger partial charge in [-0.15, -0.1) is 0 Å². The van der Waals surface area contributed by atoms with E-state index in [1.54, 1.807) is 0 Å². The summed E-state index contributed by atoms with van der Waals surface area (Å²) in [5.74, 6) is 7.45. The van der Waals surface area contributed by atoms with Gasteiger partial charge >= 0.3 is 0 Å². The summed E-state index contributed by atoms with van der Waals surface area (Å²) >= 11 is 0. The van der Waals surface area contributed by atoms with Crippen molar-refractivity contribution in [1.82, 2.24) is 5.43 Å². The predicted molar refractivity (Wildman–Crippen MR) is 71.8 cm³/mol. The summed E-state index contributed by atoms with van der Waals surface area (Å²) in [7, 11) is 0. The van der Waals surface area contributed by atoms with Crippen LogP contribution in [0.2, 0.25) is 0 Å². The quantitative estimate of drug-likeness (QED) is 0.583. The summed E-state index contributed by atoms with van der Waals surface area (Å²) in [6, 6.07) is -0.0114. The number of ether oxygens (including phenoxy) is 2. The zero-order valence-electron chi connectivity index (χ0n) is 11.6. The minimum atomic E-state index is -0.197. The van der Waals surface area contributed by atoms with Gasteiger partial charge in [0.1, 0.15) is 11.8 Å². The Morgan fingerprint density at radius 3 is 3.06 bits per heavy atom. The van der Waals surface area contributed by atoms with E-state index in [4.69, 9.17) is 15.3 Å². The van der Waals surface area contributed by atoms with E-state index in [2.05, 4.69) is 25.3 Å². The molecule has 1 saturated carbocycles. The van der Waals surface area contributed by atoms with Crippen LogP contribution >= 0.6 is 0 Å². The van der Waals surface area contributed by atoms with Gasteiger partial charge in [0.25, 0.3) is 0 Å². The van der Waals surface area contributed by atoms with Crippen LogP contribution in [0.4, 0.5) is 0 Å². The van der Waals surface area contributed by atoms with Crippen LogP contribution in [-0.4, -0.2) is 24.9 Å². The lowest BCUT2D eigenvalue weighted by atomic mass is 9.74. The van der Waals surface area contributed by atoms with Crippen molar-refractivity contribution in [2.24, 2.45) is 11.8 Å². The molecule has 0 radical (unpaired) electrons. The summed E-state index contributed by atoms with van der Waals surface area (Å²) < 4.78 is 11.8. The third-order valence-corrected chi connectivity index (χ3v) is 4.13. The molecule has 0 amide bonds. The minimum absolute atomic E-state index is 0.0114. The molecule has 4 nitrogen and oxygen atoms in total. The summed E-state index contributed by atoms with van der Waals surface area (Å²) in [6.07, 6.45) is 7.71. The van der Waals surface area contributed by atoms with Gasteiger partial charge in [-0.2, -0.15) is 0 Å². The van der Waals surface area contributed by atoms with Crippen LogP contribution in [0.1, 0.15) is 46.0 Å². The predicted octanol–water partition coefficient (Wildman–Crippen LogP) is 2.11. The molecule has 1 fully saturated rings. The zero-order chi connectivity index (χ0) is 13.0. The van der Waals surface area contributed by atoms with Crippen molar-refractivity contribution in [3.8, 4) is 0 Å². The lowest BCUT2D eigenvalue weighted by Gasteiger charge is -2.45. The Morgan fingerprint density at radius 2 is 2.50 bits per heavy atom. The molecule has 18 heavy (non-hydrogen) atoms. The number of hydrogen-bond acceptors (Lipinski definition) is 4. The molecule has 3 N–H and O–H groups in total. The van der Waals surface area contributed by atoms with Gasteiger partial charge in [0.05, 0.1) is 12.2 Å². The van der Waals surface area contributed by atoms with Crippen molar-refractivity contribution in [3.63, 3.8) is 0 Å². The fourth-order valence-electron chi connectivity index (χ4n) is 3.44. The highest BCUT2D eigenvalue weighted by atomic mass is 16.5. The lowest BCUT2D eigenvalue weighted by molar-refractivity contribution is -0.100. The molecule has 0 aromatic rings. The van der Waals surface area contributed by atoms with Crippen LogP contribution in [-0.2, 0) is 9.47 Å². The van der Waals surface area contributed by atoms with Crippen molar-refractivity contribution in [2.45, 2.75) is 57.6 Å². The topological polar surface area (TPSA) is 56.5 Å². The first kappa shape index (κ1) is 13.8. The highest BCUT2D eigenvalue weighted by Gasteiger charge is 2.45. The lowest BCUT2D eigenvalue weighted by Crippen LogP contribution is -2.57. The molecule has 0 bridgehead atoms. The standard InChI is InChI=1S/C14H26N2O2/c1-3-18-14(8-4-6-11(2)10-14)13(16-15)12-7-5-9-17-12/h7,11,13,16H,3-6,8-10,15H2,1-2H3. The molecule has 104 valence electrons. The average molecular weight is 254 g/mol. The second-order valence-electron chi connectivity index (χ2n) is 5.54. The normalized spacial score (nSPS) is 33.9. The van der Waals surface area contributed by atoms with Gasteiger partial charge in [0.15, 0.2) is 0 Å². The van der Waals surface area contributed by atoms with E-state index in [1.807, 2.05) is 0 Å². The molecule has 0 aromatic carbocycles. The zero-order valence-corrected chi connectivity index (χ0v) is 11.6. The maximum Gasteiger partial charge on any atom is 0.113 e. The van der Waals surface area contributed by atoms with E-state index in [0.29, 0.717) is 5.92 Å². The first-order valence-corrected chi connectivity index (χ1v) is 7.15. The fraction of sp³-hybridized carbons (Fsp3) is 0.857. The van der Waals surface area contributed by atoms with Gasteiger partial charge in [-0.25, -0.2) is 5.43 Å². The van der Waals surface area contributed by atoms with Crippen molar-refractivity contribution in [1.29, 1.82) is 0 Å². The van der Waals surface area contributed by atoms with E-state index in [9.17, 15) is 0 Å². The highest BCUT2D eigenvalue weighted by molar-refractivity contribution is 5.15. The molecule has 1 heterocycles. The average Bonchev–Trinajstić information content (AvgIpc) is 2.84. The van der Waals surface area contributed by atoms with Gasteiger partial charge in [-0.1, -0.05) is 19.8 Å². The largest absolute Gasteiger partial charge is 0.496 e. The Morgan fingerprint density at radius 1 is 1.67 bits per heavy atom. The van der Waals surface area contributed by atoms with E-state index in [1.165, 1.54) is 12.8 Å². The summed E-state index contributed by atoms with van der Waals surface area (Å²) in [4.78, 5) is 0. The monoisotopic (exact) mass is 254 g/mol. The Kier molecular flexibility index (Phi) is 4.65. The van der Waals surface area contributed by atoms with Crippen molar-refractivity contribution in [3.05, 3.63) is 11.8 Å². The van der Waals surface area contributed by atoms with Crippen LogP contribution < -0.4 is 11.3 Å². The number of hydrogen-bond donors (Lipinski definition) is 2. The van der Waals surface area contributed by atoms with Crippen LogP contribution in [0, 0.1) is 5.92 Å². The number of nitrogens with two attached hydrogens (primary N) is 1. The van der Waals surface area contributed by atoms with Gasteiger partial charge in [0, 0.05) is 13.0 Å². The van der Waals surface area contributed by atoms with Gasteiger partial charge < -0.3 is 9.47 Å². The van der Waals surface area contributed by atoms with Crippen LogP contribution in [0.5, 0.6) is 0 Å². The molecular weight excluding hydrogens is 228 g/mol. The third-order valence-electron chi connectivity index (χ3n) is 4.13. The molecule has 1 aliphatic carbocycles. The number of hydrazine groups is 1. The molecule has 1 aliphatic heterocycles. The first-order chi connectivity index (χ1) is 8.72. The van der Waals surface area contributed by atoms with Crippen LogP contribution in [0.3, 0.4) is 0 Å². The maximum atomic E-state index is 6.14. The Bertz CT molecular complexity index is 302. The summed E-state index contributed by atoms with van der Waals surface area (Å²) in [6.45, 7) is 5.84. The van der Waals surface area contributed by atoms with Gasteiger partial charge in [0.2, 0.25) is 0 Å². The number of rotatable bonds is 5. The van der Waals surface area contributed by atoms with Crippen molar-refractivity contribution < 1.29 is 9.47 Å². The Balaban J connectivity index is 2.20. The smallest absolute Gasteiger partial charge is 0.113 e.